The van der Waals surface area contributed by atoms with Crippen molar-refractivity contribution in [2.24, 2.45) is 0 Å². The standard InChI is InChI=1S/C15H21F2NO4S/c1-15(2,3)22-14(20)18-12(13(19)21-4)23-8-9-5-10(16)7-11(17)6-9/h5-7,12,14,18,20H,8H2,1-4H3. The largest absolute Gasteiger partial charge is 0.467 e. The highest BCUT2D eigenvalue weighted by Gasteiger charge is 2.25. The molecule has 1 aromatic rings. The number of halogens is 2. The van der Waals surface area contributed by atoms with Gasteiger partial charge in [0, 0.05) is 11.8 Å². The number of nitrogens with one attached hydrogen (secondary N) is 1. The second-order valence-electron chi connectivity index (χ2n) is 5.74. The molecule has 0 amide bonds. The van der Waals surface area contributed by atoms with E-state index in [0.717, 1.165) is 17.8 Å². The molecule has 0 heterocycles. The van der Waals surface area contributed by atoms with Crippen LogP contribution in [-0.2, 0) is 20.0 Å². The van der Waals surface area contributed by atoms with E-state index in [1.165, 1.54) is 19.2 Å². The highest BCUT2D eigenvalue weighted by Crippen LogP contribution is 2.20. The van der Waals surface area contributed by atoms with Gasteiger partial charge < -0.3 is 14.6 Å². The average Bonchev–Trinajstić information content (AvgIpc) is 2.39. The van der Waals surface area contributed by atoms with Crippen LogP contribution < -0.4 is 5.32 Å². The molecule has 0 fully saturated rings. The van der Waals surface area contributed by atoms with Crippen LogP contribution >= 0.6 is 11.8 Å². The van der Waals surface area contributed by atoms with E-state index in [2.05, 4.69) is 10.1 Å². The van der Waals surface area contributed by atoms with Crippen molar-refractivity contribution in [1.29, 1.82) is 0 Å². The normalized spacial score (nSPS) is 14.4. The smallest absolute Gasteiger partial charge is 0.333 e. The van der Waals surface area contributed by atoms with Crippen molar-refractivity contribution in [1.82, 2.24) is 5.32 Å². The number of hydrogen-bond donors (Lipinski definition) is 2. The lowest BCUT2D eigenvalue weighted by atomic mass is 10.2. The van der Waals surface area contributed by atoms with Crippen LogP contribution in [0.15, 0.2) is 18.2 Å². The van der Waals surface area contributed by atoms with Crippen LogP contribution in [0.2, 0.25) is 0 Å². The minimum atomic E-state index is -1.39. The van der Waals surface area contributed by atoms with Crippen LogP contribution in [0.1, 0.15) is 26.3 Å². The van der Waals surface area contributed by atoms with Gasteiger partial charge in [0.1, 0.15) is 11.6 Å². The van der Waals surface area contributed by atoms with E-state index in [4.69, 9.17) is 4.74 Å². The second-order valence-corrected chi connectivity index (χ2v) is 6.83. The zero-order valence-corrected chi connectivity index (χ0v) is 14.2. The lowest BCUT2D eigenvalue weighted by Gasteiger charge is -2.27. The van der Waals surface area contributed by atoms with Crippen molar-refractivity contribution in [2.45, 2.75) is 43.9 Å². The fraction of sp³-hybridized carbons (Fsp3) is 0.533. The molecule has 0 bridgehead atoms. The summed E-state index contributed by atoms with van der Waals surface area (Å²) < 4.78 is 36.2. The highest BCUT2D eigenvalue weighted by atomic mass is 32.2. The van der Waals surface area contributed by atoms with Gasteiger partial charge in [-0.15, -0.1) is 11.8 Å². The summed E-state index contributed by atoms with van der Waals surface area (Å²) in [7, 11) is 1.20. The Hall–Kier alpha value is -1.22. The zero-order chi connectivity index (χ0) is 17.6. The molecule has 1 aromatic carbocycles. The quantitative estimate of drug-likeness (QED) is 0.582. The van der Waals surface area contributed by atoms with Gasteiger partial charge in [0.25, 0.3) is 0 Å². The number of aliphatic hydroxyl groups is 1. The molecule has 0 saturated carbocycles. The van der Waals surface area contributed by atoms with E-state index in [1.807, 2.05) is 0 Å². The first-order chi connectivity index (χ1) is 10.6. The lowest BCUT2D eigenvalue weighted by molar-refractivity contribution is -0.185. The Morgan fingerprint density at radius 1 is 1.30 bits per heavy atom. The molecule has 0 aliphatic heterocycles. The molecule has 1 rings (SSSR count). The van der Waals surface area contributed by atoms with Gasteiger partial charge in [-0.1, -0.05) is 0 Å². The molecule has 0 aliphatic rings. The van der Waals surface area contributed by atoms with Crippen molar-refractivity contribution in [3.8, 4) is 0 Å². The third-order valence-electron chi connectivity index (χ3n) is 2.51. The van der Waals surface area contributed by atoms with Gasteiger partial charge in [-0.3, -0.25) is 0 Å². The average molecular weight is 349 g/mol. The van der Waals surface area contributed by atoms with E-state index < -0.39 is 35.0 Å². The van der Waals surface area contributed by atoms with Gasteiger partial charge >= 0.3 is 5.97 Å². The number of carbonyl (C=O) groups excluding carboxylic acids is 1. The highest BCUT2D eigenvalue weighted by molar-refractivity contribution is 7.99. The van der Waals surface area contributed by atoms with Crippen molar-refractivity contribution in [2.75, 3.05) is 7.11 Å². The van der Waals surface area contributed by atoms with Crippen LogP contribution in [0.5, 0.6) is 0 Å². The fourth-order valence-electron chi connectivity index (χ4n) is 1.66. The molecular formula is C15H21F2NO4S. The molecule has 8 heteroatoms. The van der Waals surface area contributed by atoms with E-state index in [-0.39, 0.29) is 5.75 Å². The zero-order valence-electron chi connectivity index (χ0n) is 13.4. The molecule has 0 aromatic heterocycles. The summed E-state index contributed by atoms with van der Waals surface area (Å²) in [6.45, 7) is 5.23. The molecule has 2 atom stereocenters. The summed E-state index contributed by atoms with van der Waals surface area (Å²) in [6, 6.07) is 3.12. The lowest BCUT2D eigenvalue weighted by Crippen LogP contribution is -2.46. The third-order valence-corrected chi connectivity index (χ3v) is 3.68. The molecule has 0 saturated heterocycles. The summed E-state index contributed by atoms with van der Waals surface area (Å²) in [4.78, 5) is 11.7. The third kappa shape index (κ3) is 7.74. The first-order valence-electron chi connectivity index (χ1n) is 6.87. The van der Waals surface area contributed by atoms with Gasteiger partial charge in [0.05, 0.1) is 12.7 Å². The van der Waals surface area contributed by atoms with E-state index in [0.29, 0.717) is 5.56 Å². The number of ether oxygens (including phenoxy) is 2. The summed E-state index contributed by atoms with van der Waals surface area (Å²) in [5.41, 5.74) is -0.252. The van der Waals surface area contributed by atoms with Gasteiger partial charge in [-0.05, 0) is 38.5 Å². The van der Waals surface area contributed by atoms with Gasteiger partial charge in [-0.25, -0.2) is 18.9 Å². The molecule has 23 heavy (non-hydrogen) atoms. The minimum absolute atomic E-state index is 0.143. The number of rotatable bonds is 7. The number of esters is 1. The monoisotopic (exact) mass is 349 g/mol. The Bertz CT molecular complexity index is 516. The Morgan fingerprint density at radius 3 is 2.35 bits per heavy atom. The fourth-order valence-corrected chi connectivity index (χ4v) is 2.63. The number of thioether (sulfide) groups is 1. The van der Waals surface area contributed by atoms with E-state index in [9.17, 15) is 18.7 Å². The van der Waals surface area contributed by atoms with Crippen LogP contribution in [0.25, 0.3) is 0 Å². The second kappa shape index (κ2) is 8.58. The number of aliphatic hydroxyl groups excluding tert-OH is 1. The van der Waals surface area contributed by atoms with Gasteiger partial charge in [-0.2, -0.15) is 0 Å². The van der Waals surface area contributed by atoms with Crippen LogP contribution in [-0.4, -0.2) is 35.6 Å². The molecule has 0 radical (unpaired) electrons. The molecular weight excluding hydrogens is 328 g/mol. The van der Waals surface area contributed by atoms with Crippen molar-refractivity contribution in [3.63, 3.8) is 0 Å². The first kappa shape index (κ1) is 19.8. The maximum atomic E-state index is 13.2. The first-order valence-corrected chi connectivity index (χ1v) is 7.92. The molecule has 2 N–H and O–H groups in total. The number of methoxy groups -OCH3 is 1. The van der Waals surface area contributed by atoms with Gasteiger partial charge in [0.15, 0.2) is 5.37 Å². The molecule has 0 aliphatic carbocycles. The van der Waals surface area contributed by atoms with Crippen LogP contribution in [0.3, 0.4) is 0 Å². The Morgan fingerprint density at radius 2 is 1.87 bits per heavy atom. The maximum absolute atomic E-state index is 13.2. The van der Waals surface area contributed by atoms with Gasteiger partial charge in [0.2, 0.25) is 6.41 Å². The molecule has 2 unspecified atom stereocenters. The summed E-state index contributed by atoms with van der Waals surface area (Å²) >= 11 is 1.02. The van der Waals surface area contributed by atoms with Crippen molar-refractivity contribution < 1.29 is 28.2 Å². The van der Waals surface area contributed by atoms with Crippen LogP contribution in [0.4, 0.5) is 8.78 Å². The van der Waals surface area contributed by atoms with E-state index in [1.54, 1.807) is 20.8 Å². The minimum Gasteiger partial charge on any atom is -0.467 e. The predicted molar refractivity (Wildman–Crippen MR) is 83.4 cm³/mol. The molecule has 130 valence electrons. The SMILES string of the molecule is COC(=O)C(NC(O)OC(C)(C)C)SCc1cc(F)cc(F)c1. The number of hydrogen-bond acceptors (Lipinski definition) is 6. The Balaban J connectivity index is 2.69. The number of benzene rings is 1. The summed E-state index contributed by atoms with van der Waals surface area (Å²) in [6.07, 6.45) is -1.39. The van der Waals surface area contributed by atoms with Crippen molar-refractivity contribution >= 4 is 17.7 Å². The Kier molecular flexibility index (Phi) is 7.40. The molecule has 5 nitrogen and oxygen atoms in total. The van der Waals surface area contributed by atoms with Crippen molar-refractivity contribution in [3.05, 3.63) is 35.4 Å². The maximum Gasteiger partial charge on any atom is 0.333 e. The number of carbonyl (C=O) groups is 1. The Labute approximate surface area is 138 Å². The van der Waals surface area contributed by atoms with E-state index >= 15 is 0 Å². The summed E-state index contributed by atoms with van der Waals surface area (Å²) in [5.74, 6) is -1.88. The topological polar surface area (TPSA) is 67.8 Å². The molecule has 0 spiro atoms. The summed E-state index contributed by atoms with van der Waals surface area (Å²) in [5, 5.41) is 11.4. The predicted octanol–water partition coefficient (Wildman–Crippen LogP) is 2.38. The van der Waals surface area contributed by atoms with Crippen LogP contribution in [0, 0.1) is 11.6 Å².